The molecule has 2 aliphatic rings. The van der Waals surface area contributed by atoms with Crippen LogP contribution in [0, 0.1) is 0 Å². The summed E-state index contributed by atoms with van der Waals surface area (Å²) in [6, 6.07) is 4.41. The van der Waals surface area contributed by atoms with E-state index in [1.54, 1.807) is 6.07 Å². The molecule has 0 bridgehead atoms. The minimum atomic E-state index is -4.30. The zero-order chi connectivity index (χ0) is 12.0. The van der Waals surface area contributed by atoms with Gasteiger partial charge in [0.2, 0.25) is 0 Å². The Morgan fingerprint density at radius 1 is 1.24 bits per heavy atom. The first-order chi connectivity index (χ1) is 8.07. The average molecular weight is 243 g/mol. The van der Waals surface area contributed by atoms with Gasteiger partial charge in [-0.3, -0.25) is 0 Å². The van der Waals surface area contributed by atoms with E-state index in [2.05, 4.69) is 5.32 Å². The fraction of sp³-hybridized carbons (Fsp3) is 0.500. The van der Waals surface area contributed by atoms with E-state index in [9.17, 15) is 13.2 Å². The van der Waals surface area contributed by atoms with Gasteiger partial charge < -0.3 is 10.1 Å². The van der Waals surface area contributed by atoms with Gasteiger partial charge in [0.1, 0.15) is 0 Å². The highest BCUT2D eigenvalue weighted by molar-refractivity contribution is 5.41. The number of fused-ring (bicyclic) bond motifs is 3. The maximum atomic E-state index is 12.8. The zero-order valence-corrected chi connectivity index (χ0v) is 9.05. The number of hydrogen-bond donors (Lipinski definition) is 1. The molecule has 1 saturated heterocycles. The van der Waals surface area contributed by atoms with Gasteiger partial charge in [0, 0.05) is 19.0 Å². The Labute approximate surface area is 96.8 Å². The zero-order valence-electron chi connectivity index (χ0n) is 9.05. The van der Waals surface area contributed by atoms with Gasteiger partial charge >= 0.3 is 6.18 Å². The normalized spacial score (nSPS) is 27.7. The Bertz CT molecular complexity index is 444. The van der Waals surface area contributed by atoms with Gasteiger partial charge in [0.25, 0.3) is 0 Å². The third-order valence-corrected chi connectivity index (χ3v) is 3.52. The van der Waals surface area contributed by atoms with E-state index < -0.39 is 11.7 Å². The summed E-state index contributed by atoms with van der Waals surface area (Å²) >= 11 is 0. The predicted octanol–water partition coefficient (Wildman–Crippen LogP) is 2.29. The van der Waals surface area contributed by atoms with Crippen LogP contribution < -0.4 is 5.32 Å². The van der Waals surface area contributed by atoms with E-state index in [1.165, 1.54) is 6.07 Å². The van der Waals surface area contributed by atoms with Crippen LogP contribution in [-0.2, 0) is 17.5 Å². The molecule has 92 valence electrons. The van der Waals surface area contributed by atoms with Gasteiger partial charge in [-0.25, -0.2) is 0 Å². The van der Waals surface area contributed by atoms with Crippen molar-refractivity contribution in [2.45, 2.75) is 24.8 Å². The maximum absolute atomic E-state index is 12.8. The lowest BCUT2D eigenvalue weighted by atomic mass is 9.87. The SMILES string of the molecule is FC(F)(F)c1cccc2c1CO[C@@H]1CNC[C@@H]21. The molecule has 2 aliphatic heterocycles. The van der Waals surface area contributed by atoms with Gasteiger partial charge in [0.05, 0.1) is 18.3 Å². The second kappa shape index (κ2) is 3.71. The molecule has 0 unspecified atom stereocenters. The monoisotopic (exact) mass is 243 g/mol. The lowest BCUT2D eigenvalue weighted by Crippen LogP contribution is -2.28. The van der Waals surface area contributed by atoms with Crippen LogP contribution >= 0.6 is 0 Å². The van der Waals surface area contributed by atoms with Gasteiger partial charge in [-0.05, 0) is 17.2 Å². The summed E-state index contributed by atoms with van der Waals surface area (Å²) in [4.78, 5) is 0. The Morgan fingerprint density at radius 2 is 2.06 bits per heavy atom. The summed E-state index contributed by atoms with van der Waals surface area (Å²) in [6.45, 7) is 1.48. The molecule has 0 saturated carbocycles. The van der Waals surface area contributed by atoms with Crippen molar-refractivity contribution in [3.05, 3.63) is 34.9 Å². The Balaban J connectivity index is 2.09. The molecule has 3 rings (SSSR count). The van der Waals surface area contributed by atoms with Gasteiger partial charge in [-0.15, -0.1) is 0 Å². The Morgan fingerprint density at radius 3 is 2.82 bits per heavy atom. The summed E-state index contributed by atoms with van der Waals surface area (Å²) in [5, 5.41) is 3.16. The molecule has 1 N–H and O–H groups in total. The molecule has 0 spiro atoms. The largest absolute Gasteiger partial charge is 0.416 e. The minimum Gasteiger partial charge on any atom is -0.372 e. The molecule has 1 aromatic carbocycles. The summed E-state index contributed by atoms with van der Waals surface area (Å²) in [7, 11) is 0. The number of alkyl halides is 3. The smallest absolute Gasteiger partial charge is 0.372 e. The number of benzene rings is 1. The molecule has 1 fully saturated rings. The third-order valence-electron chi connectivity index (χ3n) is 3.52. The lowest BCUT2D eigenvalue weighted by Gasteiger charge is -2.29. The Kier molecular flexibility index (Phi) is 2.41. The van der Waals surface area contributed by atoms with E-state index >= 15 is 0 Å². The van der Waals surface area contributed by atoms with Crippen molar-refractivity contribution in [1.29, 1.82) is 0 Å². The quantitative estimate of drug-likeness (QED) is 0.754. The van der Waals surface area contributed by atoms with Crippen molar-refractivity contribution in [3.63, 3.8) is 0 Å². The number of rotatable bonds is 0. The molecule has 5 heteroatoms. The summed E-state index contributed by atoms with van der Waals surface area (Å²) in [5.74, 6) is 0.0565. The van der Waals surface area contributed by atoms with Crippen LogP contribution in [-0.4, -0.2) is 19.2 Å². The van der Waals surface area contributed by atoms with Crippen molar-refractivity contribution in [3.8, 4) is 0 Å². The molecule has 17 heavy (non-hydrogen) atoms. The second-order valence-electron chi connectivity index (χ2n) is 4.49. The van der Waals surface area contributed by atoms with Crippen molar-refractivity contribution in [1.82, 2.24) is 5.32 Å². The summed E-state index contributed by atoms with van der Waals surface area (Å²) < 4.78 is 44.0. The van der Waals surface area contributed by atoms with Crippen LogP contribution in [0.3, 0.4) is 0 Å². The highest BCUT2D eigenvalue weighted by Gasteiger charge is 2.40. The summed E-state index contributed by atoms with van der Waals surface area (Å²) in [5.41, 5.74) is 0.548. The molecular weight excluding hydrogens is 231 g/mol. The van der Waals surface area contributed by atoms with Crippen molar-refractivity contribution in [2.75, 3.05) is 13.1 Å². The van der Waals surface area contributed by atoms with E-state index in [0.29, 0.717) is 12.1 Å². The van der Waals surface area contributed by atoms with Crippen LogP contribution in [0.25, 0.3) is 0 Å². The summed E-state index contributed by atoms with van der Waals surface area (Å²) in [6.07, 6.45) is -4.28. The fourth-order valence-corrected chi connectivity index (χ4v) is 2.71. The molecule has 2 atom stereocenters. The van der Waals surface area contributed by atoms with Crippen molar-refractivity contribution in [2.24, 2.45) is 0 Å². The van der Waals surface area contributed by atoms with Crippen molar-refractivity contribution >= 4 is 0 Å². The molecular formula is C12H12F3NO. The number of nitrogens with one attached hydrogen (secondary N) is 1. The van der Waals surface area contributed by atoms with Gasteiger partial charge in [-0.1, -0.05) is 12.1 Å². The minimum absolute atomic E-state index is 0.0194. The van der Waals surface area contributed by atoms with Crippen LogP contribution in [0.4, 0.5) is 13.2 Å². The first kappa shape index (κ1) is 11.0. The highest BCUT2D eigenvalue weighted by Crippen LogP contribution is 2.40. The molecule has 0 amide bonds. The van der Waals surface area contributed by atoms with Gasteiger partial charge in [-0.2, -0.15) is 13.2 Å². The molecule has 0 aliphatic carbocycles. The average Bonchev–Trinajstić information content (AvgIpc) is 2.75. The van der Waals surface area contributed by atoms with E-state index in [0.717, 1.165) is 18.2 Å². The van der Waals surface area contributed by atoms with E-state index in [-0.39, 0.29) is 18.6 Å². The van der Waals surface area contributed by atoms with Crippen LogP contribution in [0.1, 0.15) is 22.6 Å². The fourth-order valence-electron chi connectivity index (χ4n) is 2.71. The molecule has 2 nitrogen and oxygen atoms in total. The van der Waals surface area contributed by atoms with Crippen LogP contribution in [0.15, 0.2) is 18.2 Å². The molecule has 0 radical (unpaired) electrons. The molecule has 0 aromatic heterocycles. The third kappa shape index (κ3) is 1.73. The van der Waals surface area contributed by atoms with E-state index in [1.807, 2.05) is 0 Å². The standard InChI is InChI=1S/C12H12F3NO/c13-12(14,15)10-3-1-2-7-8-4-16-5-11(8)17-6-9(7)10/h1-3,8,11,16H,4-6H2/t8-,11+/m0/s1. The molecule has 2 heterocycles. The first-order valence-corrected chi connectivity index (χ1v) is 5.58. The lowest BCUT2D eigenvalue weighted by molar-refractivity contribution is -0.139. The second-order valence-corrected chi connectivity index (χ2v) is 4.49. The maximum Gasteiger partial charge on any atom is 0.416 e. The topological polar surface area (TPSA) is 21.3 Å². The van der Waals surface area contributed by atoms with Crippen LogP contribution in [0.2, 0.25) is 0 Å². The molecule has 1 aromatic rings. The number of hydrogen-bond acceptors (Lipinski definition) is 2. The number of ether oxygens (including phenoxy) is 1. The highest BCUT2D eigenvalue weighted by atomic mass is 19.4. The predicted molar refractivity (Wildman–Crippen MR) is 55.6 cm³/mol. The van der Waals surface area contributed by atoms with Gasteiger partial charge in [0.15, 0.2) is 0 Å². The first-order valence-electron chi connectivity index (χ1n) is 5.58. The Hall–Kier alpha value is -1.07. The van der Waals surface area contributed by atoms with Crippen LogP contribution in [0.5, 0.6) is 0 Å². The van der Waals surface area contributed by atoms with Crippen molar-refractivity contribution < 1.29 is 17.9 Å². The van der Waals surface area contributed by atoms with E-state index in [4.69, 9.17) is 4.74 Å². The number of halogens is 3.